The van der Waals surface area contributed by atoms with Crippen LogP contribution in [0.4, 0.5) is 0 Å². The van der Waals surface area contributed by atoms with E-state index in [1.54, 1.807) is 30.0 Å². The topological polar surface area (TPSA) is 46.5 Å². The molecular formula is C15H12Cl2O3S. The number of carboxylic acids is 1. The first-order chi connectivity index (χ1) is 10.0. The van der Waals surface area contributed by atoms with Gasteiger partial charge in [0.15, 0.2) is 0 Å². The number of halogens is 2. The molecular weight excluding hydrogens is 331 g/mol. The van der Waals surface area contributed by atoms with Crippen LogP contribution in [0.25, 0.3) is 0 Å². The van der Waals surface area contributed by atoms with Crippen LogP contribution in [0.2, 0.25) is 10.0 Å². The number of ether oxygens (including phenoxy) is 1. The molecule has 21 heavy (non-hydrogen) atoms. The van der Waals surface area contributed by atoms with Crippen LogP contribution in [0.5, 0.6) is 5.75 Å². The van der Waals surface area contributed by atoms with E-state index in [-0.39, 0.29) is 5.56 Å². The van der Waals surface area contributed by atoms with Crippen molar-refractivity contribution >= 4 is 40.9 Å². The molecule has 3 nitrogen and oxygen atoms in total. The molecule has 2 aromatic carbocycles. The Morgan fingerprint density at radius 3 is 2.52 bits per heavy atom. The van der Waals surface area contributed by atoms with Crippen LogP contribution in [0, 0.1) is 0 Å². The third-order valence-corrected chi connectivity index (χ3v) is 3.91. The van der Waals surface area contributed by atoms with E-state index in [9.17, 15) is 4.79 Å². The van der Waals surface area contributed by atoms with E-state index in [0.29, 0.717) is 28.2 Å². The lowest BCUT2D eigenvalue weighted by Gasteiger charge is -2.07. The molecule has 0 aliphatic carbocycles. The van der Waals surface area contributed by atoms with Crippen LogP contribution >= 0.6 is 35.0 Å². The summed E-state index contributed by atoms with van der Waals surface area (Å²) in [5.41, 5.74) is 0.210. The van der Waals surface area contributed by atoms with Gasteiger partial charge in [0.1, 0.15) is 5.75 Å². The molecule has 0 amide bonds. The van der Waals surface area contributed by atoms with Gasteiger partial charge in [0.25, 0.3) is 0 Å². The maximum atomic E-state index is 10.8. The molecule has 0 aliphatic heterocycles. The van der Waals surface area contributed by atoms with E-state index in [2.05, 4.69) is 0 Å². The molecule has 0 heterocycles. The van der Waals surface area contributed by atoms with Crippen LogP contribution in [0.1, 0.15) is 10.4 Å². The lowest BCUT2D eigenvalue weighted by molar-refractivity contribution is 0.0696. The molecule has 0 saturated heterocycles. The van der Waals surface area contributed by atoms with Crippen molar-refractivity contribution < 1.29 is 14.6 Å². The van der Waals surface area contributed by atoms with Gasteiger partial charge in [-0.15, -0.1) is 11.8 Å². The summed E-state index contributed by atoms with van der Waals surface area (Å²) >= 11 is 13.4. The van der Waals surface area contributed by atoms with Gasteiger partial charge in [-0.2, -0.15) is 0 Å². The molecule has 0 atom stereocenters. The van der Waals surface area contributed by atoms with Gasteiger partial charge in [0, 0.05) is 20.7 Å². The Hall–Kier alpha value is -1.36. The molecule has 1 N–H and O–H groups in total. The maximum Gasteiger partial charge on any atom is 0.335 e. The first-order valence-electron chi connectivity index (χ1n) is 6.09. The Kier molecular flexibility index (Phi) is 5.79. The highest BCUT2D eigenvalue weighted by molar-refractivity contribution is 7.99. The zero-order chi connectivity index (χ0) is 15.2. The van der Waals surface area contributed by atoms with Crippen molar-refractivity contribution in [2.75, 3.05) is 12.4 Å². The second-order valence-electron chi connectivity index (χ2n) is 4.14. The fraction of sp³-hybridized carbons (Fsp3) is 0.133. The summed E-state index contributed by atoms with van der Waals surface area (Å²) in [4.78, 5) is 11.8. The molecule has 110 valence electrons. The second kappa shape index (κ2) is 7.59. The Morgan fingerprint density at radius 2 is 1.86 bits per heavy atom. The van der Waals surface area contributed by atoms with Crippen molar-refractivity contribution in [1.82, 2.24) is 0 Å². The quantitative estimate of drug-likeness (QED) is 0.601. The Labute approximate surface area is 136 Å². The van der Waals surface area contributed by atoms with Crippen LogP contribution < -0.4 is 4.74 Å². The van der Waals surface area contributed by atoms with Gasteiger partial charge in [0.05, 0.1) is 12.2 Å². The molecule has 0 unspecified atom stereocenters. The highest BCUT2D eigenvalue weighted by Crippen LogP contribution is 2.26. The van der Waals surface area contributed by atoms with Gasteiger partial charge in [-0.05, 0) is 36.4 Å². The number of carboxylic acid groups (broad SMARTS) is 1. The summed E-state index contributed by atoms with van der Waals surface area (Å²) in [7, 11) is 0. The van der Waals surface area contributed by atoms with Crippen molar-refractivity contribution in [2.45, 2.75) is 4.90 Å². The number of hydrogen-bond donors (Lipinski definition) is 1. The van der Waals surface area contributed by atoms with Gasteiger partial charge < -0.3 is 9.84 Å². The molecule has 6 heteroatoms. The van der Waals surface area contributed by atoms with E-state index >= 15 is 0 Å². The van der Waals surface area contributed by atoms with Crippen molar-refractivity contribution in [3.63, 3.8) is 0 Å². The Morgan fingerprint density at radius 1 is 1.14 bits per heavy atom. The summed E-state index contributed by atoms with van der Waals surface area (Å²) in [5, 5.41) is 10.1. The van der Waals surface area contributed by atoms with Gasteiger partial charge in [-0.1, -0.05) is 29.3 Å². The highest BCUT2D eigenvalue weighted by atomic mass is 35.5. The number of hydrogen-bond acceptors (Lipinski definition) is 3. The first-order valence-corrected chi connectivity index (χ1v) is 7.84. The lowest BCUT2D eigenvalue weighted by atomic mass is 10.2. The van der Waals surface area contributed by atoms with E-state index < -0.39 is 5.97 Å². The molecule has 2 aromatic rings. The minimum absolute atomic E-state index is 0.210. The van der Waals surface area contributed by atoms with Crippen LogP contribution in [-0.4, -0.2) is 23.4 Å². The number of benzene rings is 2. The monoisotopic (exact) mass is 342 g/mol. The maximum absolute atomic E-state index is 10.8. The third-order valence-electron chi connectivity index (χ3n) is 2.54. The van der Waals surface area contributed by atoms with Gasteiger partial charge in [-0.25, -0.2) is 4.79 Å². The van der Waals surface area contributed by atoms with Crippen molar-refractivity contribution in [2.24, 2.45) is 0 Å². The van der Waals surface area contributed by atoms with Gasteiger partial charge in [-0.3, -0.25) is 0 Å². The zero-order valence-electron chi connectivity index (χ0n) is 10.9. The smallest absolute Gasteiger partial charge is 0.335 e. The van der Waals surface area contributed by atoms with Crippen LogP contribution in [-0.2, 0) is 0 Å². The molecule has 0 spiro atoms. The van der Waals surface area contributed by atoms with E-state index in [4.69, 9.17) is 33.0 Å². The highest BCUT2D eigenvalue weighted by Gasteiger charge is 2.04. The minimum Gasteiger partial charge on any atom is -0.493 e. The first kappa shape index (κ1) is 16.0. The summed E-state index contributed by atoms with van der Waals surface area (Å²) in [6.45, 7) is 0.456. The summed E-state index contributed by atoms with van der Waals surface area (Å²) < 4.78 is 5.53. The molecule has 0 saturated carbocycles. The molecule has 0 aromatic heterocycles. The van der Waals surface area contributed by atoms with E-state index in [1.807, 2.05) is 12.1 Å². The molecule has 0 radical (unpaired) electrons. The normalized spacial score (nSPS) is 10.4. The zero-order valence-corrected chi connectivity index (χ0v) is 13.2. The predicted octanol–water partition coefficient (Wildman–Crippen LogP) is 4.86. The SMILES string of the molecule is O=C(O)c1cccc(OCCSc2cc(Cl)cc(Cl)c2)c1. The van der Waals surface area contributed by atoms with Crippen molar-refractivity contribution in [1.29, 1.82) is 0 Å². The summed E-state index contributed by atoms with van der Waals surface area (Å²) in [5.74, 6) is 0.275. The minimum atomic E-state index is -0.969. The predicted molar refractivity (Wildman–Crippen MR) is 86.1 cm³/mol. The largest absolute Gasteiger partial charge is 0.493 e. The number of thioether (sulfide) groups is 1. The molecule has 0 aliphatic rings. The standard InChI is InChI=1S/C15H12Cl2O3S/c16-11-7-12(17)9-14(8-11)21-5-4-20-13-3-1-2-10(6-13)15(18)19/h1-3,6-9H,4-5H2,(H,18,19). The van der Waals surface area contributed by atoms with Crippen LogP contribution in [0.15, 0.2) is 47.4 Å². The summed E-state index contributed by atoms with van der Waals surface area (Å²) in [6.07, 6.45) is 0. The summed E-state index contributed by atoms with van der Waals surface area (Å²) in [6, 6.07) is 11.8. The van der Waals surface area contributed by atoms with Crippen molar-refractivity contribution in [3.05, 3.63) is 58.1 Å². The van der Waals surface area contributed by atoms with E-state index in [0.717, 1.165) is 4.90 Å². The number of aromatic carboxylic acids is 1. The van der Waals surface area contributed by atoms with Crippen molar-refractivity contribution in [3.8, 4) is 5.75 Å². The lowest BCUT2D eigenvalue weighted by Crippen LogP contribution is -2.02. The fourth-order valence-electron chi connectivity index (χ4n) is 1.65. The third kappa shape index (κ3) is 5.16. The number of rotatable bonds is 6. The van der Waals surface area contributed by atoms with Gasteiger partial charge in [0.2, 0.25) is 0 Å². The Balaban J connectivity index is 1.84. The second-order valence-corrected chi connectivity index (χ2v) is 6.18. The van der Waals surface area contributed by atoms with Gasteiger partial charge >= 0.3 is 5.97 Å². The Bertz CT molecular complexity index is 626. The molecule has 0 bridgehead atoms. The van der Waals surface area contributed by atoms with E-state index in [1.165, 1.54) is 12.1 Å². The van der Waals surface area contributed by atoms with Crippen LogP contribution in [0.3, 0.4) is 0 Å². The fourth-order valence-corrected chi connectivity index (χ4v) is 3.13. The molecule has 2 rings (SSSR count). The average molecular weight is 343 g/mol. The number of carbonyl (C=O) groups is 1. The molecule has 0 fully saturated rings. The average Bonchev–Trinajstić information content (AvgIpc) is 2.43.